The molecule has 0 amide bonds. The Kier molecular flexibility index (Phi) is 5.80. The van der Waals surface area contributed by atoms with Gasteiger partial charge in [-0.05, 0) is 37.7 Å². The predicted molar refractivity (Wildman–Crippen MR) is 63.1 cm³/mol. The third-order valence-electron chi connectivity index (χ3n) is 2.98. The van der Waals surface area contributed by atoms with Gasteiger partial charge in [-0.2, -0.15) is 0 Å². The number of allylic oxidation sites excluding steroid dienone is 1. The van der Waals surface area contributed by atoms with E-state index >= 15 is 0 Å². The second-order valence-corrected chi connectivity index (χ2v) is 4.34. The van der Waals surface area contributed by atoms with Crippen LogP contribution in [0.4, 0.5) is 0 Å². The molecule has 1 aliphatic rings. The summed E-state index contributed by atoms with van der Waals surface area (Å²) in [5.41, 5.74) is 1.48. The molecule has 1 saturated carbocycles. The van der Waals surface area contributed by atoms with Crippen LogP contribution in [-0.2, 0) is 0 Å². The average molecular weight is 211 g/mol. The zero-order valence-corrected chi connectivity index (χ0v) is 9.69. The largest absolute Gasteiger partial charge is 0.0951 e. The fourth-order valence-electron chi connectivity index (χ4n) is 2.20. The van der Waals surface area contributed by atoms with Crippen LogP contribution in [0.25, 0.3) is 0 Å². The van der Waals surface area contributed by atoms with E-state index in [1.807, 2.05) is 0 Å². The van der Waals surface area contributed by atoms with Gasteiger partial charge in [0.25, 0.3) is 0 Å². The molecule has 0 aliphatic heterocycles. The fourth-order valence-corrected chi connectivity index (χ4v) is 2.26. The summed E-state index contributed by atoms with van der Waals surface area (Å²) < 4.78 is 0. The van der Waals surface area contributed by atoms with Crippen molar-refractivity contribution in [1.29, 1.82) is 0 Å². The summed E-state index contributed by atoms with van der Waals surface area (Å²) in [6, 6.07) is 0. The van der Waals surface area contributed by atoms with Crippen LogP contribution >= 0.6 is 11.6 Å². The lowest BCUT2D eigenvalue weighted by Gasteiger charge is -2.25. The van der Waals surface area contributed by atoms with Crippen molar-refractivity contribution < 1.29 is 0 Å². The van der Waals surface area contributed by atoms with Gasteiger partial charge in [-0.1, -0.05) is 43.2 Å². The molecule has 1 fully saturated rings. The molecule has 0 spiro atoms. The SMILES string of the molecule is CCCC1CCC(C#C/C=C/Cl)CC1. The molecule has 0 bridgehead atoms. The molecule has 0 N–H and O–H groups in total. The van der Waals surface area contributed by atoms with Crippen molar-refractivity contribution in [1.82, 2.24) is 0 Å². The summed E-state index contributed by atoms with van der Waals surface area (Å²) in [5, 5.41) is 0. The van der Waals surface area contributed by atoms with Gasteiger partial charge in [-0.3, -0.25) is 0 Å². The van der Waals surface area contributed by atoms with E-state index in [0.29, 0.717) is 5.92 Å². The van der Waals surface area contributed by atoms with Crippen molar-refractivity contribution in [3.05, 3.63) is 11.6 Å². The molecular formula is C13H19Cl. The Bertz CT molecular complexity index is 223. The van der Waals surface area contributed by atoms with Crippen LogP contribution in [0.15, 0.2) is 11.6 Å². The highest BCUT2D eigenvalue weighted by atomic mass is 35.5. The lowest BCUT2D eigenvalue weighted by molar-refractivity contribution is 0.300. The van der Waals surface area contributed by atoms with Crippen LogP contribution in [0.5, 0.6) is 0 Å². The standard InChI is InChI=1S/C13H19Cl/c1-2-5-12-7-9-13(10-8-12)6-3-4-11-14/h4,11-13H,2,5,7-10H2,1H3/b11-4+. The summed E-state index contributed by atoms with van der Waals surface area (Å²) in [4.78, 5) is 0. The zero-order chi connectivity index (χ0) is 10.2. The van der Waals surface area contributed by atoms with E-state index in [9.17, 15) is 0 Å². The first kappa shape index (κ1) is 11.7. The van der Waals surface area contributed by atoms with E-state index in [-0.39, 0.29) is 0 Å². The molecule has 0 unspecified atom stereocenters. The van der Waals surface area contributed by atoms with Crippen molar-refractivity contribution in [3.8, 4) is 11.8 Å². The highest BCUT2D eigenvalue weighted by Crippen LogP contribution is 2.30. The minimum Gasteiger partial charge on any atom is -0.0951 e. The molecule has 78 valence electrons. The van der Waals surface area contributed by atoms with E-state index < -0.39 is 0 Å². The average Bonchev–Trinajstić information content (AvgIpc) is 2.21. The van der Waals surface area contributed by atoms with Gasteiger partial charge < -0.3 is 0 Å². The second kappa shape index (κ2) is 6.96. The lowest BCUT2D eigenvalue weighted by Crippen LogP contribution is -2.12. The first-order chi connectivity index (χ1) is 6.86. The maximum atomic E-state index is 5.40. The third kappa shape index (κ3) is 4.20. The molecule has 1 rings (SSSR count). The second-order valence-electron chi connectivity index (χ2n) is 4.09. The third-order valence-corrected chi connectivity index (χ3v) is 3.10. The van der Waals surface area contributed by atoms with Crippen molar-refractivity contribution in [2.75, 3.05) is 0 Å². The molecule has 0 atom stereocenters. The van der Waals surface area contributed by atoms with E-state index in [4.69, 9.17) is 11.6 Å². The summed E-state index contributed by atoms with van der Waals surface area (Å²) in [7, 11) is 0. The van der Waals surface area contributed by atoms with Crippen LogP contribution in [0.1, 0.15) is 45.4 Å². The fraction of sp³-hybridized carbons (Fsp3) is 0.692. The molecule has 0 aromatic rings. The van der Waals surface area contributed by atoms with Crippen molar-refractivity contribution in [3.63, 3.8) is 0 Å². The van der Waals surface area contributed by atoms with Gasteiger partial charge in [0.1, 0.15) is 0 Å². The van der Waals surface area contributed by atoms with Crippen molar-refractivity contribution in [2.24, 2.45) is 11.8 Å². The van der Waals surface area contributed by atoms with E-state index in [2.05, 4.69) is 18.8 Å². The summed E-state index contributed by atoms with van der Waals surface area (Å²) in [5.74, 6) is 7.85. The van der Waals surface area contributed by atoms with Gasteiger partial charge in [0.2, 0.25) is 0 Å². The van der Waals surface area contributed by atoms with Crippen LogP contribution in [-0.4, -0.2) is 0 Å². The highest BCUT2D eigenvalue weighted by molar-refractivity contribution is 6.25. The Morgan fingerprint density at radius 3 is 2.57 bits per heavy atom. The van der Waals surface area contributed by atoms with Gasteiger partial charge in [-0.15, -0.1) is 0 Å². The quantitative estimate of drug-likeness (QED) is 0.595. The molecule has 0 radical (unpaired) electrons. The van der Waals surface area contributed by atoms with Crippen LogP contribution in [0.3, 0.4) is 0 Å². The van der Waals surface area contributed by atoms with E-state index in [1.165, 1.54) is 44.1 Å². The monoisotopic (exact) mass is 210 g/mol. The number of rotatable bonds is 2. The molecule has 0 aromatic heterocycles. The van der Waals surface area contributed by atoms with Crippen LogP contribution in [0, 0.1) is 23.7 Å². The molecule has 0 heterocycles. The maximum absolute atomic E-state index is 5.40. The maximum Gasteiger partial charge on any atom is 0.0206 e. The van der Waals surface area contributed by atoms with Crippen molar-refractivity contribution >= 4 is 11.6 Å². The van der Waals surface area contributed by atoms with Gasteiger partial charge >= 0.3 is 0 Å². The number of halogens is 1. The lowest BCUT2D eigenvalue weighted by atomic mass is 9.80. The Labute approximate surface area is 92.7 Å². The molecular weight excluding hydrogens is 192 g/mol. The van der Waals surface area contributed by atoms with E-state index in [0.717, 1.165) is 5.92 Å². The smallest absolute Gasteiger partial charge is 0.0206 e. The first-order valence-electron chi connectivity index (χ1n) is 5.63. The van der Waals surface area contributed by atoms with Crippen LogP contribution < -0.4 is 0 Å². The predicted octanol–water partition coefficient (Wildman–Crippen LogP) is 4.35. The first-order valence-corrected chi connectivity index (χ1v) is 6.06. The van der Waals surface area contributed by atoms with Crippen LogP contribution in [0.2, 0.25) is 0 Å². The Balaban J connectivity index is 2.26. The molecule has 14 heavy (non-hydrogen) atoms. The minimum absolute atomic E-state index is 0.621. The van der Waals surface area contributed by atoms with Gasteiger partial charge in [0.05, 0.1) is 0 Å². The minimum atomic E-state index is 0.621. The molecule has 0 saturated heterocycles. The van der Waals surface area contributed by atoms with Crippen molar-refractivity contribution in [2.45, 2.75) is 45.4 Å². The Hall–Kier alpha value is -0.410. The molecule has 0 nitrogen and oxygen atoms in total. The van der Waals surface area contributed by atoms with Gasteiger partial charge in [0.15, 0.2) is 0 Å². The summed E-state index contributed by atoms with van der Waals surface area (Å²) >= 11 is 5.40. The summed E-state index contributed by atoms with van der Waals surface area (Å²) in [6.45, 7) is 2.27. The number of hydrogen-bond donors (Lipinski definition) is 0. The molecule has 0 aromatic carbocycles. The Morgan fingerprint density at radius 1 is 1.29 bits per heavy atom. The van der Waals surface area contributed by atoms with Gasteiger partial charge in [-0.25, -0.2) is 0 Å². The zero-order valence-electron chi connectivity index (χ0n) is 8.93. The normalized spacial score (nSPS) is 27.3. The highest BCUT2D eigenvalue weighted by Gasteiger charge is 2.18. The van der Waals surface area contributed by atoms with Gasteiger partial charge in [0, 0.05) is 11.5 Å². The summed E-state index contributed by atoms with van der Waals surface area (Å²) in [6.07, 6.45) is 9.77. The topological polar surface area (TPSA) is 0 Å². The Morgan fingerprint density at radius 2 is 2.00 bits per heavy atom. The molecule has 1 heteroatoms. The number of hydrogen-bond acceptors (Lipinski definition) is 0. The van der Waals surface area contributed by atoms with E-state index in [1.54, 1.807) is 6.08 Å². The molecule has 1 aliphatic carbocycles.